The average molecular weight is 224 g/mol. The largest absolute Gasteiger partial charge is 0.466 e. The Morgan fingerprint density at radius 2 is 2.19 bits per heavy atom. The number of carbonyl (C=O) groups excluding carboxylic acids is 2. The topological polar surface area (TPSA) is 61.2 Å². The monoisotopic (exact) mass is 224 g/mol. The summed E-state index contributed by atoms with van der Waals surface area (Å²) >= 11 is 0. The Hall–Kier alpha value is -1.65. The Bertz CT molecular complexity index is 371. The van der Waals surface area contributed by atoms with Gasteiger partial charge in [-0.2, -0.15) is 5.10 Å². The second-order valence-electron chi connectivity index (χ2n) is 3.54. The minimum atomic E-state index is -0.318. The molecule has 1 aromatic rings. The zero-order valence-corrected chi connectivity index (χ0v) is 9.60. The Labute approximate surface area is 94.4 Å². The van der Waals surface area contributed by atoms with E-state index < -0.39 is 0 Å². The molecular weight excluding hydrogens is 208 g/mol. The van der Waals surface area contributed by atoms with Gasteiger partial charge in [-0.1, -0.05) is 0 Å². The number of Topliss-reactive ketones (excluding diaryl/α,β-unsaturated/α-hetero) is 1. The van der Waals surface area contributed by atoms with Crippen molar-refractivity contribution in [2.24, 2.45) is 7.05 Å². The summed E-state index contributed by atoms with van der Waals surface area (Å²) < 4.78 is 6.39. The molecule has 5 heteroatoms. The predicted octanol–water partition coefficient (Wildman–Crippen LogP) is 0.875. The van der Waals surface area contributed by atoms with Crippen LogP contribution >= 0.6 is 0 Å². The van der Waals surface area contributed by atoms with E-state index in [4.69, 9.17) is 4.74 Å². The van der Waals surface area contributed by atoms with E-state index in [9.17, 15) is 9.59 Å². The molecule has 0 aliphatic heterocycles. The standard InChI is InChI=1S/C11H16N2O3/c1-3-16-11(15)5-4-10(14)6-9-7-12-13(2)8-9/h7-8H,3-6H2,1-2H3. The first-order valence-corrected chi connectivity index (χ1v) is 5.26. The summed E-state index contributed by atoms with van der Waals surface area (Å²) in [5, 5.41) is 3.97. The normalized spacial score (nSPS) is 10.1. The number of aromatic nitrogens is 2. The number of ketones is 1. The van der Waals surface area contributed by atoms with Crippen LogP contribution in [0.15, 0.2) is 12.4 Å². The molecule has 0 saturated heterocycles. The van der Waals surface area contributed by atoms with Gasteiger partial charge in [0.05, 0.1) is 19.2 Å². The summed E-state index contributed by atoms with van der Waals surface area (Å²) in [5.74, 6) is -0.289. The number of hydrogen-bond donors (Lipinski definition) is 0. The summed E-state index contributed by atoms with van der Waals surface area (Å²) in [6.07, 6.45) is 4.17. The number of carbonyl (C=O) groups is 2. The average Bonchev–Trinajstić information content (AvgIpc) is 2.61. The maximum absolute atomic E-state index is 11.5. The Kier molecular flexibility index (Phi) is 4.69. The molecule has 0 aromatic carbocycles. The number of aryl methyl sites for hydroxylation is 1. The molecule has 1 rings (SSSR count). The molecule has 0 N–H and O–H groups in total. The summed E-state index contributed by atoms with van der Waals surface area (Å²) in [4.78, 5) is 22.5. The second-order valence-corrected chi connectivity index (χ2v) is 3.54. The highest BCUT2D eigenvalue weighted by atomic mass is 16.5. The quantitative estimate of drug-likeness (QED) is 0.673. The molecule has 0 bridgehead atoms. The minimum Gasteiger partial charge on any atom is -0.466 e. The van der Waals surface area contributed by atoms with Crippen LogP contribution in [0.5, 0.6) is 0 Å². The fraction of sp³-hybridized carbons (Fsp3) is 0.545. The highest BCUT2D eigenvalue weighted by Crippen LogP contribution is 2.03. The maximum Gasteiger partial charge on any atom is 0.306 e. The molecule has 5 nitrogen and oxygen atoms in total. The van der Waals surface area contributed by atoms with Gasteiger partial charge in [0.1, 0.15) is 5.78 Å². The van der Waals surface area contributed by atoms with Crippen molar-refractivity contribution in [2.75, 3.05) is 6.61 Å². The molecule has 0 spiro atoms. The van der Waals surface area contributed by atoms with Crippen LogP contribution in [0.4, 0.5) is 0 Å². The molecule has 1 aromatic heterocycles. The van der Waals surface area contributed by atoms with Crippen molar-refractivity contribution in [1.29, 1.82) is 0 Å². The zero-order chi connectivity index (χ0) is 12.0. The molecule has 0 atom stereocenters. The summed E-state index contributed by atoms with van der Waals surface area (Å²) in [6, 6.07) is 0. The summed E-state index contributed by atoms with van der Waals surface area (Å²) in [5.41, 5.74) is 0.872. The van der Waals surface area contributed by atoms with E-state index in [0.717, 1.165) is 5.56 Å². The third-order valence-electron chi connectivity index (χ3n) is 2.07. The van der Waals surface area contributed by atoms with Gasteiger partial charge in [-0.3, -0.25) is 14.3 Å². The summed E-state index contributed by atoms with van der Waals surface area (Å²) in [7, 11) is 1.80. The predicted molar refractivity (Wildman–Crippen MR) is 57.8 cm³/mol. The second kappa shape index (κ2) is 6.05. The van der Waals surface area contributed by atoms with Gasteiger partial charge < -0.3 is 4.74 Å². The van der Waals surface area contributed by atoms with Crippen molar-refractivity contribution in [3.05, 3.63) is 18.0 Å². The van der Waals surface area contributed by atoms with Crippen LogP contribution in [0.25, 0.3) is 0 Å². The molecule has 0 radical (unpaired) electrons. The first-order chi connectivity index (χ1) is 7.61. The molecule has 16 heavy (non-hydrogen) atoms. The van der Waals surface area contributed by atoms with Gasteiger partial charge in [-0.05, 0) is 12.5 Å². The van der Waals surface area contributed by atoms with Gasteiger partial charge >= 0.3 is 5.97 Å². The first kappa shape index (κ1) is 12.4. The van der Waals surface area contributed by atoms with Crippen molar-refractivity contribution in [3.8, 4) is 0 Å². The number of rotatable bonds is 6. The Morgan fingerprint density at radius 1 is 1.44 bits per heavy atom. The van der Waals surface area contributed by atoms with Crippen LogP contribution < -0.4 is 0 Å². The molecule has 0 unspecified atom stereocenters. The van der Waals surface area contributed by atoms with Crippen LogP contribution in [0, 0.1) is 0 Å². The molecule has 0 aliphatic carbocycles. The van der Waals surface area contributed by atoms with Crippen molar-refractivity contribution in [2.45, 2.75) is 26.2 Å². The maximum atomic E-state index is 11.5. The highest BCUT2D eigenvalue weighted by molar-refractivity contribution is 5.84. The third-order valence-corrected chi connectivity index (χ3v) is 2.07. The van der Waals surface area contributed by atoms with Crippen LogP contribution in [-0.2, 0) is 27.8 Å². The lowest BCUT2D eigenvalue weighted by atomic mass is 10.1. The van der Waals surface area contributed by atoms with E-state index >= 15 is 0 Å². The van der Waals surface area contributed by atoms with Crippen molar-refractivity contribution < 1.29 is 14.3 Å². The molecule has 0 aliphatic rings. The third kappa shape index (κ3) is 4.25. The SMILES string of the molecule is CCOC(=O)CCC(=O)Cc1cnn(C)c1. The molecular formula is C11H16N2O3. The van der Waals surface area contributed by atoms with Crippen LogP contribution in [0.1, 0.15) is 25.3 Å². The van der Waals surface area contributed by atoms with E-state index in [1.807, 2.05) is 0 Å². The zero-order valence-electron chi connectivity index (χ0n) is 9.60. The van der Waals surface area contributed by atoms with E-state index in [-0.39, 0.29) is 24.6 Å². The van der Waals surface area contributed by atoms with Gasteiger partial charge in [0, 0.05) is 26.1 Å². The molecule has 88 valence electrons. The Morgan fingerprint density at radius 3 is 2.75 bits per heavy atom. The van der Waals surface area contributed by atoms with Gasteiger partial charge in [-0.25, -0.2) is 0 Å². The van der Waals surface area contributed by atoms with Crippen molar-refractivity contribution >= 4 is 11.8 Å². The lowest BCUT2D eigenvalue weighted by Crippen LogP contribution is -2.09. The van der Waals surface area contributed by atoms with E-state index in [0.29, 0.717) is 13.0 Å². The summed E-state index contributed by atoms with van der Waals surface area (Å²) in [6.45, 7) is 2.10. The van der Waals surface area contributed by atoms with Crippen molar-refractivity contribution in [1.82, 2.24) is 9.78 Å². The first-order valence-electron chi connectivity index (χ1n) is 5.26. The van der Waals surface area contributed by atoms with E-state index in [2.05, 4.69) is 5.10 Å². The lowest BCUT2D eigenvalue weighted by molar-refractivity contribution is -0.144. The molecule has 0 saturated carbocycles. The number of hydrogen-bond acceptors (Lipinski definition) is 4. The molecule has 1 heterocycles. The highest BCUT2D eigenvalue weighted by Gasteiger charge is 2.09. The fourth-order valence-electron chi connectivity index (χ4n) is 1.35. The van der Waals surface area contributed by atoms with Crippen molar-refractivity contribution in [3.63, 3.8) is 0 Å². The van der Waals surface area contributed by atoms with Gasteiger partial charge in [0.2, 0.25) is 0 Å². The molecule has 0 fully saturated rings. The molecule has 0 amide bonds. The van der Waals surface area contributed by atoms with Gasteiger partial charge in [-0.15, -0.1) is 0 Å². The number of ether oxygens (including phenoxy) is 1. The van der Waals surface area contributed by atoms with E-state index in [1.54, 1.807) is 31.0 Å². The van der Waals surface area contributed by atoms with Gasteiger partial charge in [0.25, 0.3) is 0 Å². The van der Waals surface area contributed by atoms with E-state index in [1.165, 1.54) is 0 Å². The smallest absolute Gasteiger partial charge is 0.306 e. The van der Waals surface area contributed by atoms with Gasteiger partial charge in [0.15, 0.2) is 0 Å². The Balaban J connectivity index is 2.28. The minimum absolute atomic E-state index is 0.0288. The fourth-order valence-corrected chi connectivity index (χ4v) is 1.35. The lowest BCUT2D eigenvalue weighted by Gasteiger charge is -2.00. The number of nitrogens with zero attached hydrogens (tertiary/aromatic N) is 2. The van der Waals surface area contributed by atoms with Crippen LogP contribution in [-0.4, -0.2) is 28.1 Å². The van der Waals surface area contributed by atoms with Crippen LogP contribution in [0.3, 0.4) is 0 Å². The number of esters is 1. The van der Waals surface area contributed by atoms with Crippen LogP contribution in [0.2, 0.25) is 0 Å².